The van der Waals surface area contributed by atoms with E-state index in [-0.39, 0.29) is 25.2 Å². The van der Waals surface area contributed by atoms with Crippen molar-refractivity contribution < 1.29 is 19.1 Å². The fourth-order valence-corrected chi connectivity index (χ4v) is 3.36. The molecule has 0 bridgehead atoms. The number of nitrogens with one attached hydrogen (secondary N) is 1. The zero-order valence-electron chi connectivity index (χ0n) is 16.8. The lowest BCUT2D eigenvalue weighted by Crippen LogP contribution is -2.45. The third-order valence-corrected chi connectivity index (χ3v) is 4.92. The minimum Gasteiger partial charge on any atom is -0.481 e. The van der Waals surface area contributed by atoms with Gasteiger partial charge in [-0.1, -0.05) is 42.5 Å². The molecule has 1 fully saturated rings. The topological polar surface area (TPSA) is 91.7 Å². The second-order valence-corrected chi connectivity index (χ2v) is 7.16. The number of likely N-dealkylation sites (tertiary alicyclic amines) is 1. The molecule has 1 aliphatic heterocycles. The van der Waals surface area contributed by atoms with Gasteiger partial charge in [-0.05, 0) is 30.5 Å². The summed E-state index contributed by atoms with van der Waals surface area (Å²) < 4.78 is 10.3. The van der Waals surface area contributed by atoms with Gasteiger partial charge in [0.1, 0.15) is 11.8 Å². The predicted octanol–water partition coefficient (Wildman–Crippen LogP) is 2.26. The van der Waals surface area contributed by atoms with Gasteiger partial charge in [-0.2, -0.15) is 5.26 Å². The van der Waals surface area contributed by atoms with Crippen molar-refractivity contribution in [3.05, 3.63) is 65.7 Å². The summed E-state index contributed by atoms with van der Waals surface area (Å²) >= 11 is 0. The molecule has 7 nitrogen and oxygen atoms in total. The summed E-state index contributed by atoms with van der Waals surface area (Å²) in [6, 6.07) is 19.0. The Hall–Kier alpha value is -3.37. The third-order valence-electron chi connectivity index (χ3n) is 4.92. The van der Waals surface area contributed by atoms with E-state index < -0.39 is 5.97 Å². The first-order chi connectivity index (χ1) is 14.6. The maximum absolute atomic E-state index is 12.1. The Labute approximate surface area is 176 Å². The molecule has 3 rings (SSSR count). The van der Waals surface area contributed by atoms with Gasteiger partial charge in [0.25, 0.3) is 5.91 Å². The average molecular weight is 407 g/mol. The normalized spacial score (nSPS) is 14.5. The van der Waals surface area contributed by atoms with Crippen LogP contribution < -0.4 is 10.1 Å². The first kappa shape index (κ1) is 21.3. The van der Waals surface area contributed by atoms with E-state index in [1.54, 1.807) is 24.3 Å². The molecule has 30 heavy (non-hydrogen) atoms. The molecule has 0 atom stereocenters. The van der Waals surface area contributed by atoms with Gasteiger partial charge in [-0.25, -0.2) is 4.79 Å². The number of hydrogen-bond acceptors (Lipinski definition) is 6. The van der Waals surface area contributed by atoms with Crippen molar-refractivity contribution in [2.75, 3.05) is 26.3 Å². The molecule has 156 valence electrons. The van der Waals surface area contributed by atoms with E-state index >= 15 is 0 Å². The molecule has 0 saturated carbocycles. The third kappa shape index (κ3) is 6.61. The number of amides is 1. The summed E-state index contributed by atoms with van der Waals surface area (Å²) in [6.45, 7) is 2.03. The highest BCUT2D eigenvalue weighted by molar-refractivity contribution is 5.81. The number of ether oxygens (including phenoxy) is 2. The molecule has 0 aliphatic carbocycles. The zero-order chi connectivity index (χ0) is 21.2. The lowest BCUT2D eigenvalue weighted by atomic mass is 10.0. The van der Waals surface area contributed by atoms with E-state index in [1.165, 1.54) is 5.56 Å². The number of carbonyl (C=O) groups is 2. The number of rotatable bonds is 8. The second kappa shape index (κ2) is 11.0. The molecule has 0 unspecified atom stereocenters. The van der Waals surface area contributed by atoms with Crippen LogP contribution in [0.4, 0.5) is 0 Å². The Morgan fingerprint density at radius 2 is 1.73 bits per heavy atom. The lowest BCUT2D eigenvalue weighted by molar-refractivity contribution is -0.150. The van der Waals surface area contributed by atoms with Crippen LogP contribution in [-0.4, -0.2) is 49.1 Å². The van der Waals surface area contributed by atoms with Crippen molar-refractivity contribution in [3.8, 4) is 11.8 Å². The Morgan fingerprint density at radius 1 is 1.03 bits per heavy atom. The van der Waals surface area contributed by atoms with Crippen molar-refractivity contribution in [3.63, 3.8) is 0 Å². The number of esters is 1. The summed E-state index contributed by atoms with van der Waals surface area (Å²) in [5, 5.41) is 11.9. The molecular weight excluding hydrogens is 382 g/mol. The van der Waals surface area contributed by atoms with Crippen LogP contribution in [0.15, 0.2) is 54.6 Å². The monoisotopic (exact) mass is 407 g/mol. The average Bonchev–Trinajstić information content (AvgIpc) is 2.78. The Kier molecular flexibility index (Phi) is 7.81. The highest BCUT2D eigenvalue weighted by Crippen LogP contribution is 2.16. The summed E-state index contributed by atoms with van der Waals surface area (Å²) in [5.41, 5.74) is 1.62. The Bertz CT molecular complexity index is 887. The van der Waals surface area contributed by atoms with Gasteiger partial charge in [0.2, 0.25) is 0 Å². The second-order valence-electron chi connectivity index (χ2n) is 7.16. The van der Waals surface area contributed by atoms with Gasteiger partial charge in [-0.15, -0.1) is 0 Å². The summed E-state index contributed by atoms with van der Waals surface area (Å²) in [7, 11) is 0. The molecule has 7 heteroatoms. The lowest BCUT2D eigenvalue weighted by Gasteiger charge is -2.32. The number of piperidine rings is 1. The summed E-state index contributed by atoms with van der Waals surface area (Å²) in [4.78, 5) is 26.3. The number of para-hydroxylation sites is 1. The molecule has 2 aromatic carbocycles. The van der Waals surface area contributed by atoms with Crippen LogP contribution in [0.2, 0.25) is 0 Å². The van der Waals surface area contributed by atoms with E-state index in [0.29, 0.717) is 11.3 Å². The molecule has 1 heterocycles. The highest BCUT2D eigenvalue weighted by atomic mass is 16.6. The molecule has 1 N–H and O–H groups in total. The van der Waals surface area contributed by atoms with E-state index in [2.05, 4.69) is 22.3 Å². The number of nitrogens with zero attached hydrogens (tertiary/aromatic N) is 2. The van der Waals surface area contributed by atoms with Crippen LogP contribution in [0.3, 0.4) is 0 Å². The van der Waals surface area contributed by atoms with Gasteiger partial charge in [0.05, 0.1) is 5.56 Å². The first-order valence-corrected chi connectivity index (χ1v) is 9.97. The van der Waals surface area contributed by atoms with Crippen LogP contribution in [0.25, 0.3) is 0 Å². The van der Waals surface area contributed by atoms with Gasteiger partial charge >= 0.3 is 5.97 Å². The SMILES string of the molecule is N#Cc1ccccc1OCC(=O)OCC(=O)NC1CCN(Cc2ccccc2)CC1. The molecule has 1 aliphatic rings. The molecule has 0 spiro atoms. The van der Waals surface area contributed by atoms with Crippen molar-refractivity contribution in [2.45, 2.75) is 25.4 Å². The molecule has 1 amide bonds. The maximum Gasteiger partial charge on any atom is 0.344 e. The largest absolute Gasteiger partial charge is 0.481 e. The molecule has 1 saturated heterocycles. The highest BCUT2D eigenvalue weighted by Gasteiger charge is 2.21. The van der Waals surface area contributed by atoms with Crippen molar-refractivity contribution >= 4 is 11.9 Å². The van der Waals surface area contributed by atoms with Crippen LogP contribution in [-0.2, 0) is 20.9 Å². The van der Waals surface area contributed by atoms with Crippen LogP contribution in [0, 0.1) is 11.3 Å². The minimum atomic E-state index is -0.657. The number of nitriles is 1. The van der Waals surface area contributed by atoms with E-state index in [0.717, 1.165) is 32.5 Å². The number of benzene rings is 2. The smallest absolute Gasteiger partial charge is 0.344 e. The molecule has 2 aromatic rings. The van der Waals surface area contributed by atoms with Crippen LogP contribution in [0.5, 0.6) is 5.75 Å². The standard InChI is InChI=1S/C23H25N3O4/c24-14-19-8-4-5-9-21(19)29-17-23(28)30-16-22(27)25-20-10-12-26(13-11-20)15-18-6-2-1-3-7-18/h1-9,20H,10-13,15-17H2,(H,25,27). The maximum atomic E-state index is 12.1. The van der Waals surface area contributed by atoms with E-state index in [9.17, 15) is 9.59 Å². The summed E-state index contributed by atoms with van der Waals surface area (Å²) in [5.74, 6) is -0.665. The summed E-state index contributed by atoms with van der Waals surface area (Å²) in [6.07, 6.45) is 1.72. The molecule has 0 aromatic heterocycles. The van der Waals surface area contributed by atoms with Crippen LogP contribution in [0.1, 0.15) is 24.0 Å². The fourth-order valence-electron chi connectivity index (χ4n) is 3.36. The van der Waals surface area contributed by atoms with Gasteiger partial charge < -0.3 is 14.8 Å². The van der Waals surface area contributed by atoms with Gasteiger partial charge in [-0.3, -0.25) is 9.69 Å². The van der Waals surface area contributed by atoms with Crippen LogP contribution >= 0.6 is 0 Å². The predicted molar refractivity (Wildman–Crippen MR) is 110 cm³/mol. The van der Waals surface area contributed by atoms with Crippen molar-refractivity contribution in [1.82, 2.24) is 10.2 Å². The van der Waals surface area contributed by atoms with Crippen molar-refractivity contribution in [2.24, 2.45) is 0 Å². The van der Waals surface area contributed by atoms with Crippen molar-refractivity contribution in [1.29, 1.82) is 5.26 Å². The Balaban J connectivity index is 1.32. The zero-order valence-corrected chi connectivity index (χ0v) is 16.8. The van der Waals surface area contributed by atoms with E-state index in [1.807, 2.05) is 24.3 Å². The number of carbonyl (C=O) groups excluding carboxylic acids is 2. The minimum absolute atomic E-state index is 0.0852. The van der Waals surface area contributed by atoms with Gasteiger partial charge in [0.15, 0.2) is 13.2 Å². The first-order valence-electron chi connectivity index (χ1n) is 9.97. The molecular formula is C23H25N3O4. The Morgan fingerprint density at radius 3 is 2.47 bits per heavy atom. The quantitative estimate of drug-likeness (QED) is 0.675. The fraction of sp³-hybridized carbons (Fsp3) is 0.348. The van der Waals surface area contributed by atoms with Gasteiger partial charge in [0, 0.05) is 25.7 Å². The molecule has 0 radical (unpaired) electrons. The van der Waals surface area contributed by atoms with E-state index in [4.69, 9.17) is 14.7 Å². The number of hydrogen-bond donors (Lipinski definition) is 1.